The fourth-order valence-corrected chi connectivity index (χ4v) is 2.49. The molecule has 2 aromatic carbocycles. The molecule has 1 atom stereocenters. The van der Waals surface area contributed by atoms with Crippen molar-refractivity contribution in [1.29, 1.82) is 0 Å². The average Bonchev–Trinajstić information content (AvgIpc) is 2.69. The highest BCUT2D eigenvalue weighted by Gasteiger charge is 2.24. The van der Waals surface area contributed by atoms with Crippen molar-refractivity contribution in [2.45, 2.75) is 19.9 Å². The van der Waals surface area contributed by atoms with Crippen molar-refractivity contribution >= 4 is 11.8 Å². The topological polar surface area (TPSA) is 76.7 Å². The number of nitrogens with one attached hydrogen (secondary N) is 2. The third kappa shape index (κ3) is 6.26. The summed E-state index contributed by atoms with van der Waals surface area (Å²) >= 11 is 0. The molecule has 0 saturated carbocycles. The van der Waals surface area contributed by atoms with Gasteiger partial charge >= 0.3 is 0 Å². The number of rotatable bonds is 9. The number of amides is 2. The van der Waals surface area contributed by atoms with Crippen molar-refractivity contribution in [3.8, 4) is 11.5 Å². The number of ether oxygens (including phenoxy) is 2. The summed E-state index contributed by atoms with van der Waals surface area (Å²) in [7, 11) is 1.59. The Morgan fingerprint density at radius 1 is 1.00 bits per heavy atom. The van der Waals surface area contributed by atoms with E-state index in [4.69, 9.17) is 9.47 Å². The van der Waals surface area contributed by atoms with Crippen LogP contribution < -0.4 is 20.1 Å². The van der Waals surface area contributed by atoms with Crippen LogP contribution in [0.15, 0.2) is 48.5 Å². The van der Waals surface area contributed by atoms with Crippen LogP contribution in [0.3, 0.4) is 0 Å². The Balaban J connectivity index is 1.82. The van der Waals surface area contributed by atoms with E-state index in [1.807, 2.05) is 13.8 Å². The standard InChI is InChI=1S/C21H25FN2O4/c1-14(2)19(24-20(25)15-4-6-16(22)7-5-15)21(26)23-12-13-28-18-10-8-17(27-3)9-11-18/h4-11,14,19H,12-13H2,1-3H3,(H,23,26)(H,24,25). The van der Waals surface area contributed by atoms with E-state index in [9.17, 15) is 14.0 Å². The molecule has 0 fully saturated rings. The molecule has 0 aliphatic heterocycles. The smallest absolute Gasteiger partial charge is 0.251 e. The number of hydrogen-bond donors (Lipinski definition) is 2. The minimum absolute atomic E-state index is 0.119. The van der Waals surface area contributed by atoms with E-state index in [2.05, 4.69) is 10.6 Å². The largest absolute Gasteiger partial charge is 0.497 e. The SMILES string of the molecule is COc1ccc(OCCNC(=O)C(NC(=O)c2ccc(F)cc2)C(C)C)cc1. The Bertz CT molecular complexity index is 776. The molecule has 0 aromatic heterocycles. The molecule has 0 saturated heterocycles. The van der Waals surface area contributed by atoms with E-state index < -0.39 is 17.8 Å². The molecule has 0 heterocycles. The number of benzene rings is 2. The van der Waals surface area contributed by atoms with Gasteiger partial charge in [-0.3, -0.25) is 9.59 Å². The van der Waals surface area contributed by atoms with Gasteiger partial charge in [-0.15, -0.1) is 0 Å². The lowest BCUT2D eigenvalue weighted by atomic mass is 10.0. The molecule has 2 aromatic rings. The van der Waals surface area contributed by atoms with Gasteiger partial charge in [0.1, 0.15) is 30.0 Å². The normalized spacial score (nSPS) is 11.6. The van der Waals surface area contributed by atoms with Gasteiger partial charge in [-0.1, -0.05) is 13.8 Å². The predicted molar refractivity (Wildman–Crippen MR) is 104 cm³/mol. The molecule has 0 aliphatic carbocycles. The molecular weight excluding hydrogens is 363 g/mol. The van der Waals surface area contributed by atoms with Crippen LogP contribution in [0.1, 0.15) is 24.2 Å². The lowest BCUT2D eigenvalue weighted by Gasteiger charge is -2.22. The second-order valence-corrected chi connectivity index (χ2v) is 6.52. The van der Waals surface area contributed by atoms with Gasteiger partial charge in [0.2, 0.25) is 5.91 Å². The molecule has 1 unspecified atom stereocenters. The van der Waals surface area contributed by atoms with E-state index in [1.165, 1.54) is 24.3 Å². The third-order valence-electron chi connectivity index (χ3n) is 4.07. The van der Waals surface area contributed by atoms with Crippen molar-refractivity contribution < 1.29 is 23.5 Å². The summed E-state index contributed by atoms with van der Waals surface area (Å²) in [4.78, 5) is 24.7. The van der Waals surface area contributed by atoms with Gasteiger partial charge in [0.05, 0.1) is 13.7 Å². The van der Waals surface area contributed by atoms with Gasteiger partial charge in [0, 0.05) is 5.56 Å². The Hall–Kier alpha value is -3.09. The van der Waals surface area contributed by atoms with Crippen LogP contribution in [0.5, 0.6) is 11.5 Å². The quantitative estimate of drug-likeness (QED) is 0.648. The van der Waals surface area contributed by atoms with Gasteiger partial charge in [-0.25, -0.2) is 4.39 Å². The first kappa shape index (κ1) is 21.2. The number of carbonyl (C=O) groups is 2. The van der Waals surface area contributed by atoms with Crippen molar-refractivity contribution in [2.75, 3.05) is 20.3 Å². The van der Waals surface area contributed by atoms with Crippen LogP contribution in [-0.2, 0) is 4.79 Å². The molecule has 2 amide bonds. The number of carbonyl (C=O) groups excluding carboxylic acids is 2. The number of methoxy groups -OCH3 is 1. The van der Waals surface area contributed by atoms with Crippen LogP contribution in [0.25, 0.3) is 0 Å². The van der Waals surface area contributed by atoms with Crippen molar-refractivity contribution in [2.24, 2.45) is 5.92 Å². The Morgan fingerprint density at radius 2 is 1.61 bits per heavy atom. The summed E-state index contributed by atoms with van der Waals surface area (Å²) < 4.78 is 23.6. The van der Waals surface area contributed by atoms with Crippen molar-refractivity contribution in [1.82, 2.24) is 10.6 Å². The van der Waals surface area contributed by atoms with E-state index in [-0.39, 0.29) is 18.4 Å². The summed E-state index contributed by atoms with van der Waals surface area (Å²) in [6, 6.07) is 11.6. The number of hydrogen-bond acceptors (Lipinski definition) is 4. The zero-order chi connectivity index (χ0) is 20.5. The Kier molecular flexibility index (Phi) is 7.80. The highest BCUT2D eigenvalue weighted by Crippen LogP contribution is 2.16. The van der Waals surface area contributed by atoms with Gasteiger partial charge in [-0.05, 0) is 54.4 Å². The monoisotopic (exact) mass is 388 g/mol. The van der Waals surface area contributed by atoms with Gasteiger partial charge in [-0.2, -0.15) is 0 Å². The van der Waals surface area contributed by atoms with Gasteiger partial charge in [0.15, 0.2) is 0 Å². The minimum atomic E-state index is -0.710. The first-order valence-corrected chi connectivity index (χ1v) is 9.01. The average molecular weight is 388 g/mol. The van der Waals surface area contributed by atoms with E-state index in [0.717, 1.165) is 5.75 Å². The Morgan fingerprint density at radius 3 is 2.18 bits per heavy atom. The summed E-state index contributed by atoms with van der Waals surface area (Å²) in [5.74, 6) is 0.128. The molecular formula is C21H25FN2O4. The van der Waals surface area contributed by atoms with Crippen LogP contribution in [0.4, 0.5) is 4.39 Å². The molecule has 0 aliphatic rings. The zero-order valence-electron chi connectivity index (χ0n) is 16.2. The molecule has 28 heavy (non-hydrogen) atoms. The van der Waals surface area contributed by atoms with Crippen LogP contribution in [0.2, 0.25) is 0 Å². The summed E-state index contributed by atoms with van der Waals surface area (Å²) in [5, 5.41) is 5.45. The fourth-order valence-electron chi connectivity index (χ4n) is 2.49. The second-order valence-electron chi connectivity index (χ2n) is 6.52. The summed E-state index contributed by atoms with van der Waals surface area (Å²) in [6.07, 6.45) is 0. The van der Waals surface area contributed by atoms with Crippen LogP contribution >= 0.6 is 0 Å². The molecule has 2 rings (SSSR count). The molecule has 6 nitrogen and oxygen atoms in total. The van der Waals surface area contributed by atoms with Crippen LogP contribution in [0, 0.1) is 11.7 Å². The van der Waals surface area contributed by atoms with Crippen LogP contribution in [-0.4, -0.2) is 38.1 Å². The fraction of sp³-hybridized carbons (Fsp3) is 0.333. The maximum Gasteiger partial charge on any atom is 0.251 e. The highest BCUT2D eigenvalue weighted by atomic mass is 19.1. The summed E-state index contributed by atoms with van der Waals surface area (Å²) in [6.45, 7) is 4.25. The number of halogens is 1. The molecule has 0 radical (unpaired) electrons. The zero-order valence-corrected chi connectivity index (χ0v) is 16.2. The maximum atomic E-state index is 13.0. The van der Waals surface area contributed by atoms with Crippen molar-refractivity contribution in [3.63, 3.8) is 0 Å². The van der Waals surface area contributed by atoms with Gasteiger partial charge < -0.3 is 20.1 Å². The first-order chi connectivity index (χ1) is 13.4. The van der Waals surface area contributed by atoms with Crippen molar-refractivity contribution in [3.05, 3.63) is 59.9 Å². The minimum Gasteiger partial charge on any atom is -0.497 e. The van der Waals surface area contributed by atoms with E-state index >= 15 is 0 Å². The second kappa shape index (κ2) is 10.3. The molecule has 7 heteroatoms. The molecule has 150 valence electrons. The third-order valence-corrected chi connectivity index (χ3v) is 4.07. The van der Waals surface area contributed by atoms with Gasteiger partial charge in [0.25, 0.3) is 5.91 Å². The summed E-state index contributed by atoms with van der Waals surface area (Å²) in [5.41, 5.74) is 0.294. The Labute approximate surface area is 164 Å². The predicted octanol–water partition coefficient (Wildman–Crippen LogP) is 2.78. The molecule has 0 bridgehead atoms. The maximum absolute atomic E-state index is 13.0. The lowest BCUT2D eigenvalue weighted by Crippen LogP contribution is -2.50. The lowest BCUT2D eigenvalue weighted by molar-refractivity contribution is -0.124. The van der Waals surface area contributed by atoms with E-state index in [1.54, 1.807) is 31.4 Å². The first-order valence-electron chi connectivity index (χ1n) is 9.01. The highest BCUT2D eigenvalue weighted by molar-refractivity contribution is 5.97. The molecule has 2 N–H and O–H groups in total. The molecule has 0 spiro atoms. The van der Waals surface area contributed by atoms with E-state index in [0.29, 0.717) is 17.9 Å².